The third-order valence-electron chi connectivity index (χ3n) is 2.53. The van der Waals surface area contributed by atoms with Crippen molar-refractivity contribution in [2.75, 3.05) is 18.2 Å². The Morgan fingerprint density at radius 2 is 2.29 bits per heavy atom. The van der Waals surface area contributed by atoms with Gasteiger partial charge in [0.2, 0.25) is 0 Å². The molecule has 0 saturated heterocycles. The highest BCUT2D eigenvalue weighted by Crippen LogP contribution is 2.23. The van der Waals surface area contributed by atoms with Gasteiger partial charge in [-0.25, -0.2) is 0 Å². The molecule has 0 radical (unpaired) electrons. The average Bonchev–Trinajstić information content (AvgIpc) is 2.31. The highest BCUT2D eigenvalue weighted by molar-refractivity contribution is 9.10. The van der Waals surface area contributed by atoms with Crippen LogP contribution in [-0.4, -0.2) is 29.3 Å². The molecule has 0 spiro atoms. The van der Waals surface area contributed by atoms with Gasteiger partial charge in [-0.15, -0.1) is 0 Å². The Hall–Kier alpha value is -0.700. The molecule has 0 aliphatic rings. The fourth-order valence-electron chi connectivity index (χ4n) is 1.51. The normalized spacial score (nSPS) is 13.8. The third-order valence-corrected chi connectivity index (χ3v) is 4.18. The lowest BCUT2D eigenvalue weighted by Gasteiger charge is -2.23. The van der Waals surface area contributed by atoms with E-state index in [-0.39, 0.29) is 17.9 Å². The predicted octanol–water partition coefficient (Wildman–Crippen LogP) is 2.85. The number of aliphatic hydroxyl groups excluding tert-OH is 1. The summed E-state index contributed by atoms with van der Waals surface area (Å²) in [7, 11) is 0. The zero-order chi connectivity index (χ0) is 12.8. The molecule has 0 aliphatic carbocycles. The van der Waals surface area contributed by atoms with E-state index in [1.54, 1.807) is 17.8 Å². The lowest BCUT2D eigenvalue weighted by atomic mass is 10.1. The van der Waals surface area contributed by atoms with Gasteiger partial charge >= 0.3 is 0 Å². The fraction of sp³-hybridized carbons (Fsp3) is 0.417. The maximum absolute atomic E-state index is 9.22. The maximum Gasteiger partial charge on any atom is 0.101 e. The summed E-state index contributed by atoms with van der Waals surface area (Å²) in [5.74, 6) is 0. The highest BCUT2D eigenvalue weighted by atomic mass is 79.9. The molecule has 1 aromatic carbocycles. The summed E-state index contributed by atoms with van der Waals surface area (Å²) in [6.45, 7) is 2.12. The Morgan fingerprint density at radius 1 is 1.59 bits per heavy atom. The Bertz CT molecular complexity index is 415. The quantitative estimate of drug-likeness (QED) is 0.877. The number of nitriles is 1. The Balaban J connectivity index is 2.87. The number of anilines is 1. The van der Waals surface area contributed by atoms with Crippen LogP contribution in [0, 0.1) is 11.3 Å². The van der Waals surface area contributed by atoms with Crippen LogP contribution in [0.3, 0.4) is 0 Å². The van der Waals surface area contributed by atoms with Gasteiger partial charge in [0.15, 0.2) is 0 Å². The average molecular weight is 315 g/mol. The molecule has 0 fully saturated rings. The molecule has 0 aromatic heterocycles. The molecule has 2 N–H and O–H groups in total. The van der Waals surface area contributed by atoms with Crippen LogP contribution in [0.5, 0.6) is 0 Å². The highest BCUT2D eigenvalue weighted by Gasteiger charge is 2.16. The molecule has 1 aromatic rings. The van der Waals surface area contributed by atoms with Gasteiger partial charge in [-0.3, -0.25) is 0 Å². The van der Waals surface area contributed by atoms with Crippen molar-refractivity contribution >= 4 is 33.4 Å². The number of nitrogens with one attached hydrogen (secondary N) is 1. The van der Waals surface area contributed by atoms with Crippen molar-refractivity contribution in [3.63, 3.8) is 0 Å². The largest absolute Gasteiger partial charge is 0.395 e. The summed E-state index contributed by atoms with van der Waals surface area (Å²) >= 11 is 4.99. The van der Waals surface area contributed by atoms with Crippen LogP contribution in [0.15, 0.2) is 22.7 Å². The molecule has 17 heavy (non-hydrogen) atoms. The van der Waals surface area contributed by atoms with Crippen LogP contribution < -0.4 is 5.32 Å². The van der Waals surface area contributed by atoms with Crippen molar-refractivity contribution in [3.8, 4) is 6.07 Å². The molecule has 1 rings (SSSR count). The zero-order valence-corrected chi connectivity index (χ0v) is 12.2. The summed E-state index contributed by atoms with van der Waals surface area (Å²) in [6, 6.07) is 7.73. The topological polar surface area (TPSA) is 56.0 Å². The number of aliphatic hydroxyl groups is 1. The van der Waals surface area contributed by atoms with E-state index in [4.69, 9.17) is 5.26 Å². The van der Waals surface area contributed by atoms with Gasteiger partial charge < -0.3 is 10.4 Å². The Morgan fingerprint density at radius 3 is 2.82 bits per heavy atom. The second kappa shape index (κ2) is 6.90. The van der Waals surface area contributed by atoms with Gasteiger partial charge in [-0.2, -0.15) is 17.0 Å². The maximum atomic E-state index is 9.22. The molecule has 5 heteroatoms. The van der Waals surface area contributed by atoms with Gasteiger partial charge in [-0.1, -0.05) is 15.9 Å². The number of hydrogen-bond acceptors (Lipinski definition) is 4. The molecule has 92 valence electrons. The lowest BCUT2D eigenvalue weighted by Crippen LogP contribution is -2.31. The van der Waals surface area contributed by atoms with Crippen LogP contribution in [-0.2, 0) is 0 Å². The Kier molecular flexibility index (Phi) is 5.83. The molecule has 2 atom stereocenters. The number of halogens is 1. The van der Waals surface area contributed by atoms with Crippen molar-refractivity contribution < 1.29 is 5.11 Å². The van der Waals surface area contributed by atoms with Gasteiger partial charge in [0.1, 0.15) is 6.07 Å². The molecular weight excluding hydrogens is 300 g/mol. The molecule has 0 amide bonds. The van der Waals surface area contributed by atoms with Crippen molar-refractivity contribution in [3.05, 3.63) is 28.2 Å². The lowest BCUT2D eigenvalue weighted by molar-refractivity contribution is 0.288. The van der Waals surface area contributed by atoms with Gasteiger partial charge in [-0.05, 0) is 31.4 Å². The Labute approximate surface area is 114 Å². The van der Waals surface area contributed by atoms with E-state index in [0.717, 1.165) is 10.2 Å². The molecule has 3 nitrogen and oxygen atoms in total. The van der Waals surface area contributed by atoms with E-state index in [9.17, 15) is 5.11 Å². The van der Waals surface area contributed by atoms with E-state index in [0.29, 0.717) is 5.56 Å². The predicted molar refractivity (Wildman–Crippen MR) is 76.3 cm³/mol. The molecule has 0 heterocycles. The first kappa shape index (κ1) is 14.4. The van der Waals surface area contributed by atoms with E-state index in [2.05, 4.69) is 27.3 Å². The first-order valence-electron chi connectivity index (χ1n) is 5.22. The van der Waals surface area contributed by atoms with Crippen molar-refractivity contribution in [1.82, 2.24) is 0 Å². The summed E-state index contributed by atoms with van der Waals surface area (Å²) < 4.78 is 0.927. The number of thioether (sulfide) groups is 1. The standard InChI is InChI=1S/C12H15BrN2OS/c1-8(12(7-16)17-2)15-11-5-10(13)4-3-9(11)6-14/h3-5,8,12,15-16H,7H2,1-2H3. The number of rotatable bonds is 5. The number of hydrogen-bond donors (Lipinski definition) is 2. The molecule has 2 unspecified atom stereocenters. The molecular formula is C12H15BrN2OS. The molecule has 0 saturated carbocycles. The van der Waals surface area contributed by atoms with Crippen molar-refractivity contribution in [2.24, 2.45) is 0 Å². The van der Waals surface area contributed by atoms with E-state index in [1.807, 2.05) is 25.3 Å². The van der Waals surface area contributed by atoms with Crippen molar-refractivity contribution in [2.45, 2.75) is 18.2 Å². The summed E-state index contributed by atoms with van der Waals surface area (Å²) in [5.41, 5.74) is 1.40. The van der Waals surface area contributed by atoms with Gasteiger partial charge in [0.05, 0.1) is 17.9 Å². The second-order valence-corrected chi connectivity index (χ2v) is 5.68. The number of nitrogens with zero attached hydrogens (tertiary/aromatic N) is 1. The van der Waals surface area contributed by atoms with Crippen LogP contribution in [0.25, 0.3) is 0 Å². The van der Waals surface area contributed by atoms with E-state index >= 15 is 0 Å². The monoisotopic (exact) mass is 314 g/mol. The smallest absolute Gasteiger partial charge is 0.101 e. The first-order valence-corrected chi connectivity index (χ1v) is 7.30. The number of benzene rings is 1. The summed E-state index contributed by atoms with van der Waals surface area (Å²) in [4.78, 5) is 0. The van der Waals surface area contributed by atoms with Gasteiger partial charge in [0.25, 0.3) is 0 Å². The van der Waals surface area contributed by atoms with Crippen LogP contribution in [0.4, 0.5) is 5.69 Å². The zero-order valence-electron chi connectivity index (χ0n) is 9.77. The fourth-order valence-corrected chi connectivity index (χ4v) is 2.49. The third kappa shape index (κ3) is 3.91. The summed E-state index contributed by atoms with van der Waals surface area (Å²) in [6.07, 6.45) is 1.96. The SMILES string of the molecule is CSC(CO)C(C)Nc1cc(Br)ccc1C#N. The van der Waals surface area contributed by atoms with Gasteiger partial charge in [0, 0.05) is 15.8 Å². The summed E-state index contributed by atoms with van der Waals surface area (Å²) in [5, 5.41) is 21.6. The molecule has 0 bridgehead atoms. The first-order chi connectivity index (χ1) is 8.12. The van der Waals surface area contributed by atoms with Crippen LogP contribution in [0.2, 0.25) is 0 Å². The van der Waals surface area contributed by atoms with E-state index in [1.165, 1.54) is 0 Å². The minimum Gasteiger partial charge on any atom is -0.395 e. The van der Waals surface area contributed by atoms with Crippen LogP contribution >= 0.6 is 27.7 Å². The van der Waals surface area contributed by atoms with Crippen LogP contribution in [0.1, 0.15) is 12.5 Å². The second-order valence-electron chi connectivity index (χ2n) is 3.69. The minimum absolute atomic E-state index is 0.0939. The molecule has 0 aliphatic heterocycles. The minimum atomic E-state index is 0.0939. The van der Waals surface area contributed by atoms with Crippen molar-refractivity contribution in [1.29, 1.82) is 5.26 Å². The van der Waals surface area contributed by atoms with E-state index < -0.39 is 0 Å².